The number of benzene rings is 1. The van der Waals surface area contributed by atoms with Crippen LogP contribution in [0.5, 0.6) is 5.75 Å². The van der Waals surface area contributed by atoms with Crippen LogP contribution < -0.4 is 15.4 Å². The summed E-state index contributed by atoms with van der Waals surface area (Å²) in [7, 11) is 0. The Balaban J connectivity index is 2.46. The third-order valence-electron chi connectivity index (χ3n) is 1.91. The maximum absolute atomic E-state index is 11.1. The maximum atomic E-state index is 11.1. The van der Waals surface area contributed by atoms with Crippen LogP contribution in [0.2, 0.25) is 0 Å². The average Bonchev–Trinajstić information content (AvgIpc) is 2.32. The van der Waals surface area contributed by atoms with Gasteiger partial charge < -0.3 is 14.8 Å². The van der Waals surface area contributed by atoms with E-state index in [0.717, 1.165) is 11.4 Å². The van der Waals surface area contributed by atoms with Gasteiger partial charge in [-0.15, -0.1) is 0 Å². The summed E-state index contributed by atoms with van der Waals surface area (Å²) in [6.07, 6.45) is -0.569. The van der Waals surface area contributed by atoms with E-state index < -0.39 is 6.09 Å². The lowest BCUT2D eigenvalue weighted by atomic mass is 10.3. The summed E-state index contributed by atoms with van der Waals surface area (Å²) < 4.78 is 10.0. The molecule has 1 rings (SSSR count). The minimum atomic E-state index is -0.569. The summed E-state index contributed by atoms with van der Waals surface area (Å²) >= 11 is 4.96. The van der Waals surface area contributed by atoms with Crippen LogP contribution in [0, 0.1) is 0 Å². The van der Waals surface area contributed by atoms with Crippen LogP contribution in [0.25, 0.3) is 0 Å². The van der Waals surface area contributed by atoms with Crippen molar-refractivity contribution in [1.29, 1.82) is 0 Å². The molecule has 0 spiro atoms. The quantitative estimate of drug-likeness (QED) is 0.822. The second-order valence-corrected chi connectivity index (χ2v) is 3.67. The number of amides is 1. The summed E-state index contributed by atoms with van der Waals surface area (Å²) in [5.41, 5.74) is 0.764. The molecule has 0 radical (unpaired) electrons. The summed E-state index contributed by atoms with van der Waals surface area (Å²) in [5.74, 6) is 0.785. The van der Waals surface area contributed by atoms with Crippen molar-refractivity contribution in [2.24, 2.45) is 0 Å². The summed E-state index contributed by atoms with van der Waals surface area (Å²) in [6.45, 7) is 4.57. The lowest BCUT2D eigenvalue weighted by molar-refractivity contribution is 0.158. The van der Waals surface area contributed by atoms with E-state index >= 15 is 0 Å². The van der Waals surface area contributed by atoms with Crippen molar-refractivity contribution in [2.75, 3.05) is 18.5 Å². The maximum Gasteiger partial charge on any atom is 0.413 e. The molecule has 0 unspecified atom stereocenters. The van der Waals surface area contributed by atoms with Gasteiger partial charge in [0, 0.05) is 5.69 Å². The largest absolute Gasteiger partial charge is 0.494 e. The van der Waals surface area contributed by atoms with E-state index in [1.165, 1.54) is 0 Å². The number of carbonyl (C=O) groups excluding carboxylic acids is 1. The van der Waals surface area contributed by atoms with E-state index in [1.54, 1.807) is 6.92 Å². The highest BCUT2D eigenvalue weighted by Crippen LogP contribution is 2.15. The molecule has 98 valence electrons. The Morgan fingerprint density at radius 1 is 1.22 bits per heavy atom. The van der Waals surface area contributed by atoms with Crippen LogP contribution >= 0.6 is 12.2 Å². The zero-order valence-corrected chi connectivity index (χ0v) is 11.2. The molecular formula is C12H16N2O3S. The summed E-state index contributed by atoms with van der Waals surface area (Å²) in [6, 6.07) is 7.26. The lowest BCUT2D eigenvalue weighted by Gasteiger charge is -2.10. The van der Waals surface area contributed by atoms with Gasteiger partial charge in [-0.3, -0.25) is 5.32 Å². The van der Waals surface area contributed by atoms with Crippen LogP contribution in [0.3, 0.4) is 0 Å². The molecule has 0 fully saturated rings. The predicted octanol–water partition coefficient (Wildman–Crippen LogP) is 2.53. The van der Waals surface area contributed by atoms with Gasteiger partial charge in [-0.2, -0.15) is 0 Å². The first-order valence-corrected chi connectivity index (χ1v) is 6.04. The third-order valence-corrected chi connectivity index (χ3v) is 2.12. The van der Waals surface area contributed by atoms with E-state index in [2.05, 4.69) is 10.6 Å². The van der Waals surface area contributed by atoms with Crippen molar-refractivity contribution in [3.05, 3.63) is 24.3 Å². The molecule has 6 heteroatoms. The molecule has 1 aromatic carbocycles. The van der Waals surface area contributed by atoms with Crippen LogP contribution in [0.4, 0.5) is 10.5 Å². The number of ether oxygens (including phenoxy) is 2. The standard InChI is InChI=1S/C12H16N2O3S/c1-3-16-10-7-5-9(6-8-10)13-11(18)14-12(15)17-4-2/h5-8H,3-4H2,1-2H3,(H2,13,14,15,18). The number of thiocarbonyl (C=S) groups is 1. The molecule has 5 nitrogen and oxygen atoms in total. The summed E-state index contributed by atoms with van der Waals surface area (Å²) in [5, 5.41) is 5.45. The Hall–Kier alpha value is -1.82. The van der Waals surface area contributed by atoms with Crippen molar-refractivity contribution in [1.82, 2.24) is 5.32 Å². The lowest BCUT2D eigenvalue weighted by Crippen LogP contribution is -2.34. The van der Waals surface area contributed by atoms with Gasteiger partial charge in [-0.05, 0) is 50.3 Å². The third kappa shape index (κ3) is 5.01. The van der Waals surface area contributed by atoms with Crippen molar-refractivity contribution in [3.63, 3.8) is 0 Å². The number of alkyl carbamates (subject to hydrolysis) is 1. The van der Waals surface area contributed by atoms with E-state index in [4.69, 9.17) is 21.7 Å². The molecule has 1 aromatic rings. The first-order chi connectivity index (χ1) is 8.65. The fraction of sp³-hybridized carbons (Fsp3) is 0.333. The normalized spacial score (nSPS) is 9.44. The molecule has 0 aliphatic carbocycles. The smallest absolute Gasteiger partial charge is 0.413 e. The summed E-state index contributed by atoms with van der Waals surface area (Å²) in [4.78, 5) is 11.1. The molecule has 0 aromatic heterocycles. The van der Waals surface area contributed by atoms with Gasteiger partial charge >= 0.3 is 6.09 Å². The fourth-order valence-corrected chi connectivity index (χ4v) is 1.42. The van der Waals surface area contributed by atoms with Crippen LogP contribution in [0.15, 0.2) is 24.3 Å². The molecule has 0 saturated carbocycles. The second kappa shape index (κ2) is 7.50. The highest BCUT2D eigenvalue weighted by molar-refractivity contribution is 7.80. The van der Waals surface area contributed by atoms with Crippen molar-refractivity contribution in [3.8, 4) is 5.75 Å². The van der Waals surface area contributed by atoms with Gasteiger partial charge in [0.05, 0.1) is 13.2 Å². The highest BCUT2D eigenvalue weighted by Gasteiger charge is 2.04. The molecule has 18 heavy (non-hydrogen) atoms. The molecule has 0 aliphatic rings. The molecule has 0 aliphatic heterocycles. The van der Waals surface area contributed by atoms with Crippen molar-refractivity contribution >= 4 is 29.1 Å². The zero-order chi connectivity index (χ0) is 13.4. The minimum Gasteiger partial charge on any atom is -0.494 e. The molecular weight excluding hydrogens is 252 g/mol. The molecule has 1 amide bonds. The van der Waals surface area contributed by atoms with Gasteiger partial charge in [-0.25, -0.2) is 4.79 Å². The van der Waals surface area contributed by atoms with Crippen molar-refractivity contribution < 1.29 is 14.3 Å². The van der Waals surface area contributed by atoms with Gasteiger partial charge in [-0.1, -0.05) is 0 Å². The highest BCUT2D eigenvalue weighted by atomic mass is 32.1. The van der Waals surface area contributed by atoms with Crippen LogP contribution in [-0.4, -0.2) is 24.4 Å². The second-order valence-electron chi connectivity index (χ2n) is 3.26. The van der Waals surface area contributed by atoms with E-state index in [9.17, 15) is 4.79 Å². The number of nitrogens with one attached hydrogen (secondary N) is 2. The minimum absolute atomic E-state index is 0.192. The molecule has 2 N–H and O–H groups in total. The Kier molecular flexibility index (Phi) is 5.93. The Morgan fingerprint density at radius 2 is 1.89 bits per heavy atom. The fourth-order valence-electron chi connectivity index (χ4n) is 1.22. The van der Waals surface area contributed by atoms with E-state index in [0.29, 0.717) is 13.2 Å². The number of anilines is 1. The average molecular weight is 268 g/mol. The monoisotopic (exact) mass is 268 g/mol. The Bertz CT molecular complexity index is 406. The zero-order valence-electron chi connectivity index (χ0n) is 10.4. The number of carbonyl (C=O) groups is 1. The molecule has 0 heterocycles. The Morgan fingerprint density at radius 3 is 2.44 bits per heavy atom. The number of hydrogen-bond acceptors (Lipinski definition) is 4. The van der Waals surface area contributed by atoms with Crippen LogP contribution in [-0.2, 0) is 4.74 Å². The topological polar surface area (TPSA) is 59.6 Å². The van der Waals surface area contributed by atoms with Gasteiger partial charge in [0.2, 0.25) is 0 Å². The predicted molar refractivity (Wildman–Crippen MR) is 74.0 cm³/mol. The Labute approximate surface area is 111 Å². The SMILES string of the molecule is CCOC(=O)NC(=S)Nc1ccc(OCC)cc1. The van der Waals surface area contributed by atoms with Gasteiger partial charge in [0.25, 0.3) is 0 Å². The van der Waals surface area contributed by atoms with E-state index in [-0.39, 0.29) is 5.11 Å². The van der Waals surface area contributed by atoms with Crippen LogP contribution in [0.1, 0.15) is 13.8 Å². The first kappa shape index (κ1) is 14.2. The van der Waals surface area contributed by atoms with Gasteiger partial charge in [0.1, 0.15) is 5.75 Å². The van der Waals surface area contributed by atoms with E-state index in [1.807, 2.05) is 31.2 Å². The number of hydrogen-bond donors (Lipinski definition) is 2. The van der Waals surface area contributed by atoms with Gasteiger partial charge in [0.15, 0.2) is 5.11 Å². The number of rotatable bonds is 4. The van der Waals surface area contributed by atoms with Crippen molar-refractivity contribution in [2.45, 2.75) is 13.8 Å². The molecule has 0 saturated heterocycles. The molecule has 0 atom stereocenters. The molecule has 0 bridgehead atoms. The first-order valence-electron chi connectivity index (χ1n) is 5.63.